The lowest BCUT2D eigenvalue weighted by Gasteiger charge is -2.19. The Morgan fingerprint density at radius 2 is 1.81 bits per heavy atom. The lowest BCUT2D eigenvalue weighted by Crippen LogP contribution is -2.21. The zero-order chi connectivity index (χ0) is 34.9. The maximum Gasteiger partial charge on any atom is 0.338 e. The van der Waals surface area contributed by atoms with E-state index in [1.54, 1.807) is 36.4 Å². The molecule has 48 heavy (non-hydrogen) atoms. The van der Waals surface area contributed by atoms with Crippen molar-refractivity contribution in [3.05, 3.63) is 77.4 Å². The van der Waals surface area contributed by atoms with E-state index in [2.05, 4.69) is 4.84 Å². The molecule has 2 aromatic carbocycles. The van der Waals surface area contributed by atoms with Gasteiger partial charge in [0.15, 0.2) is 11.5 Å². The van der Waals surface area contributed by atoms with Crippen molar-refractivity contribution in [3.8, 4) is 17.2 Å². The van der Waals surface area contributed by atoms with Gasteiger partial charge in [0.1, 0.15) is 18.5 Å². The summed E-state index contributed by atoms with van der Waals surface area (Å²) in [5.74, 6) is -0.738. The summed E-state index contributed by atoms with van der Waals surface area (Å²) in [6.07, 6.45) is 7.68. The molecular formula is C34H44ClNO12. The molecule has 1 aliphatic rings. The Labute approximate surface area is 284 Å². The number of carbonyl (C=O) groups is 2. The van der Waals surface area contributed by atoms with E-state index in [0.29, 0.717) is 42.9 Å². The maximum absolute atomic E-state index is 12.5. The van der Waals surface area contributed by atoms with Crippen molar-refractivity contribution < 1.29 is 59.1 Å². The number of allylic oxidation sites excluding steroid dienone is 2. The predicted molar refractivity (Wildman–Crippen MR) is 173 cm³/mol. The van der Waals surface area contributed by atoms with Crippen molar-refractivity contribution in [2.75, 3.05) is 26.9 Å². The number of rotatable bonds is 20. The van der Waals surface area contributed by atoms with E-state index < -0.39 is 30.3 Å². The van der Waals surface area contributed by atoms with Gasteiger partial charge in [0.2, 0.25) is 0 Å². The van der Waals surface area contributed by atoms with Gasteiger partial charge in [0.25, 0.3) is 0 Å². The lowest BCUT2D eigenvalue weighted by atomic mass is 9.89. The summed E-state index contributed by atoms with van der Waals surface area (Å²) in [5, 5.41) is 48.4. The van der Waals surface area contributed by atoms with Crippen LogP contribution in [0.3, 0.4) is 0 Å². The van der Waals surface area contributed by atoms with Gasteiger partial charge >= 0.3 is 11.9 Å². The normalized spacial score (nSPS) is 20.0. The van der Waals surface area contributed by atoms with E-state index in [0.717, 1.165) is 0 Å². The van der Waals surface area contributed by atoms with Gasteiger partial charge in [-0.3, -0.25) is 20.0 Å². The summed E-state index contributed by atoms with van der Waals surface area (Å²) in [4.78, 5) is 29.2. The van der Waals surface area contributed by atoms with E-state index in [4.69, 9.17) is 41.0 Å². The number of nitrogens with zero attached hydrogens (tertiary/aromatic N) is 1. The number of benzene rings is 2. The number of aliphatic hydroxyl groups is 3. The molecule has 0 bridgehead atoms. The highest BCUT2D eigenvalue weighted by Crippen LogP contribution is 2.36. The Morgan fingerprint density at radius 3 is 2.56 bits per heavy atom. The SMILES string of the molecule is COc1cc(C(=O)OCCCCON(O)O)ccc1OC(=O)CCC/C=C\C[C@@H]1[C@@H](/C=C/[C@@H](O)COc2cccc(Cl)c2)[C@H](O)C[C@@H]1O. The third-order valence-electron chi connectivity index (χ3n) is 7.62. The molecule has 0 heterocycles. The van der Waals surface area contributed by atoms with Crippen LogP contribution in [-0.4, -0.2) is 88.3 Å². The van der Waals surface area contributed by atoms with Crippen molar-refractivity contribution in [3.63, 3.8) is 0 Å². The van der Waals surface area contributed by atoms with Gasteiger partial charge in [-0.05, 0) is 74.4 Å². The maximum atomic E-state index is 12.5. The number of hydrogen-bond acceptors (Lipinski definition) is 13. The van der Waals surface area contributed by atoms with Crippen molar-refractivity contribution in [2.24, 2.45) is 11.8 Å². The van der Waals surface area contributed by atoms with E-state index in [-0.39, 0.29) is 67.0 Å². The fraction of sp³-hybridized carbons (Fsp3) is 0.471. The molecule has 13 nitrogen and oxygen atoms in total. The molecule has 1 saturated carbocycles. The number of unbranched alkanes of at least 4 members (excludes halogenated alkanes) is 2. The second-order valence-corrected chi connectivity index (χ2v) is 11.6. The van der Waals surface area contributed by atoms with E-state index >= 15 is 0 Å². The molecule has 3 rings (SSSR count). The molecule has 1 fully saturated rings. The first-order chi connectivity index (χ1) is 23.1. The number of carbonyl (C=O) groups excluding carboxylic acids is 2. The highest BCUT2D eigenvalue weighted by molar-refractivity contribution is 6.30. The zero-order valence-electron chi connectivity index (χ0n) is 26.7. The van der Waals surface area contributed by atoms with Crippen LogP contribution in [0.4, 0.5) is 0 Å². The third-order valence-corrected chi connectivity index (χ3v) is 7.85. The Balaban J connectivity index is 1.38. The van der Waals surface area contributed by atoms with Crippen LogP contribution < -0.4 is 14.2 Å². The number of hydrogen-bond donors (Lipinski definition) is 5. The minimum absolute atomic E-state index is 0.0134. The second kappa shape index (κ2) is 20.8. The highest BCUT2D eigenvalue weighted by Gasteiger charge is 2.39. The molecule has 0 radical (unpaired) electrons. The summed E-state index contributed by atoms with van der Waals surface area (Å²) in [6, 6.07) is 11.2. The van der Waals surface area contributed by atoms with Crippen LogP contribution >= 0.6 is 11.6 Å². The van der Waals surface area contributed by atoms with Gasteiger partial charge in [0.05, 0.1) is 43.5 Å². The average Bonchev–Trinajstić information content (AvgIpc) is 3.33. The predicted octanol–water partition coefficient (Wildman–Crippen LogP) is 4.67. The summed E-state index contributed by atoms with van der Waals surface area (Å²) in [7, 11) is 1.39. The van der Waals surface area contributed by atoms with E-state index in [1.165, 1.54) is 25.3 Å². The minimum Gasteiger partial charge on any atom is -0.493 e. The number of halogens is 1. The molecule has 0 aromatic heterocycles. The molecular weight excluding hydrogens is 650 g/mol. The van der Waals surface area contributed by atoms with E-state index in [9.17, 15) is 24.9 Å². The van der Waals surface area contributed by atoms with E-state index in [1.807, 2.05) is 12.2 Å². The Kier molecular flexibility index (Phi) is 16.8. The van der Waals surface area contributed by atoms with Gasteiger partial charge in [-0.15, -0.1) is 0 Å². The lowest BCUT2D eigenvalue weighted by molar-refractivity contribution is -0.492. The fourth-order valence-corrected chi connectivity index (χ4v) is 5.32. The van der Waals surface area contributed by atoms with Gasteiger partial charge in [0, 0.05) is 23.8 Å². The summed E-state index contributed by atoms with van der Waals surface area (Å²) in [6.45, 7) is 0.151. The standard InChI is InChI=1S/C34H44ClNO12/c1-44-32-19-23(34(41)45-17-6-7-18-47-36(42)43)13-16-31(32)48-33(40)12-5-3-2-4-11-27-28(30(39)21-29(27)38)15-14-25(37)22-46-26-10-8-9-24(35)20-26/h2,4,8-10,13-16,19-20,25,27-30,37-39,42-43H,3,5-7,11-12,17-18,21-22H2,1H3/b4-2-,15-14+/t25-,27-,28-,29+,30-/m1/s1. The fourth-order valence-electron chi connectivity index (χ4n) is 5.14. The van der Waals surface area contributed by atoms with Gasteiger partial charge in [-0.25, -0.2) is 4.79 Å². The van der Waals surface area contributed by atoms with Gasteiger partial charge in [-0.2, -0.15) is 0 Å². The van der Waals surface area contributed by atoms with Crippen LogP contribution in [0.15, 0.2) is 66.8 Å². The van der Waals surface area contributed by atoms with Crippen molar-refractivity contribution >= 4 is 23.5 Å². The number of methoxy groups -OCH3 is 1. The van der Waals surface area contributed by atoms with Crippen LogP contribution in [-0.2, 0) is 14.4 Å². The first kappa shape index (κ1) is 38.9. The first-order valence-electron chi connectivity index (χ1n) is 15.7. The molecule has 264 valence electrons. The average molecular weight is 694 g/mol. The molecule has 5 N–H and O–H groups in total. The minimum atomic E-state index is -0.907. The van der Waals surface area contributed by atoms with Crippen molar-refractivity contribution in [1.29, 1.82) is 0 Å². The molecule has 5 atom stereocenters. The monoisotopic (exact) mass is 693 g/mol. The molecule has 1 aliphatic carbocycles. The highest BCUT2D eigenvalue weighted by atomic mass is 35.5. The first-order valence-corrected chi connectivity index (χ1v) is 16.1. The largest absolute Gasteiger partial charge is 0.493 e. The van der Waals surface area contributed by atoms with Crippen LogP contribution in [0.1, 0.15) is 55.3 Å². The summed E-state index contributed by atoms with van der Waals surface area (Å²) in [5.41, 5.74) is 0.210. The molecule has 0 amide bonds. The van der Waals surface area contributed by atoms with Crippen LogP contribution in [0.25, 0.3) is 0 Å². The van der Waals surface area contributed by atoms with Crippen molar-refractivity contribution in [1.82, 2.24) is 5.39 Å². The number of esters is 2. The smallest absolute Gasteiger partial charge is 0.338 e. The molecule has 0 saturated heterocycles. The summed E-state index contributed by atoms with van der Waals surface area (Å²) >= 11 is 5.95. The number of ether oxygens (including phenoxy) is 4. The quantitative estimate of drug-likeness (QED) is 0.0424. The Bertz CT molecular complexity index is 1350. The molecule has 2 aromatic rings. The second-order valence-electron chi connectivity index (χ2n) is 11.2. The molecule has 14 heteroatoms. The number of aliphatic hydroxyl groups excluding tert-OH is 3. The zero-order valence-corrected chi connectivity index (χ0v) is 27.5. The Morgan fingerprint density at radius 1 is 1.02 bits per heavy atom. The molecule has 0 aliphatic heterocycles. The topological polar surface area (TPSA) is 185 Å². The third kappa shape index (κ3) is 13.5. The molecule has 0 unspecified atom stereocenters. The molecule has 0 spiro atoms. The van der Waals surface area contributed by atoms with Crippen LogP contribution in [0, 0.1) is 11.8 Å². The van der Waals surface area contributed by atoms with Crippen LogP contribution in [0.2, 0.25) is 5.02 Å². The van der Waals surface area contributed by atoms with Gasteiger partial charge < -0.3 is 34.3 Å². The van der Waals surface area contributed by atoms with Gasteiger partial charge in [-0.1, -0.05) is 42.0 Å². The van der Waals surface area contributed by atoms with Crippen LogP contribution in [0.5, 0.6) is 17.2 Å². The Hall–Kier alpha value is -3.53. The summed E-state index contributed by atoms with van der Waals surface area (Å²) < 4.78 is 21.5. The van der Waals surface area contributed by atoms with Crippen molar-refractivity contribution in [2.45, 2.75) is 63.3 Å².